The third-order valence-corrected chi connectivity index (χ3v) is 7.77. The van der Waals surface area contributed by atoms with Crippen LogP contribution >= 0.6 is 0 Å². The Labute approximate surface area is 197 Å². The highest BCUT2D eigenvalue weighted by atomic mass is 16.5. The van der Waals surface area contributed by atoms with Gasteiger partial charge in [0, 0.05) is 43.7 Å². The number of ether oxygens (including phenoxy) is 1. The summed E-state index contributed by atoms with van der Waals surface area (Å²) >= 11 is 0. The monoisotopic (exact) mass is 454 g/mol. The van der Waals surface area contributed by atoms with Crippen LogP contribution in [0.25, 0.3) is 0 Å². The van der Waals surface area contributed by atoms with E-state index >= 15 is 0 Å². The molecule has 3 aliphatic rings. The molecule has 6 heteroatoms. The molecule has 2 atom stereocenters. The van der Waals surface area contributed by atoms with E-state index in [2.05, 4.69) is 11.4 Å². The fraction of sp³-hybridized carbons (Fsp3) is 0.667. The summed E-state index contributed by atoms with van der Waals surface area (Å²) in [7, 11) is 0. The van der Waals surface area contributed by atoms with Gasteiger partial charge in [0.15, 0.2) is 5.78 Å². The molecule has 0 aromatic heterocycles. The van der Waals surface area contributed by atoms with E-state index in [1.807, 2.05) is 23.1 Å². The summed E-state index contributed by atoms with van der Waals surface area (Å²) in [5, 5.41) is 3.04. The van der Waals surface area contributed by atoms with Crippen molar-refractivity contribution in [3.8, 4) is 0 Å². The number of benzene rings is 1. The molecule has 2 amide bonds. The zero-order chi connectivity index (χ0) is 23.2. The smallest absolute Gasteiger partial charge is 0.251 e. The van der Waals surface area contributed by atoms with Crippen LogP contribution in [0.1, 0.15) is 86.6 Å². The standard InChI is InChI=1S/C27H38N2O4/c1-19(30)25(20-7-3-2-4-8-20)28-26(31)23-10-5-9-22(17-23)24-11-6-14-29(18-24)27(32)21-12-15-33-16-13-21/h5,9-10,17,20-21,24-25H,2-4,6-8,11-16,18H2,1H3,(H,28,31)/t24?,25-/m0/s1. The molecule has 0 spiro atoms. The molecule has 33 heavy (non-hydrogen) atoms. The fourth-order valence-electron chi connectivity index (χ4n) is 5.83. The number of rotatable bonds is 6. The third kappa shape index (κ3) is 6.03. The van der Waals surface area contributed by atoms with E-state index in [1.165, 1.54) is 6.42 Å². The second kappa shape index (κ2) is 11.3. The normalized spacial score (nSPS) is 23.7. The number of piperidine rings is 1. The molecular formula is C27H38N2O4. The van der Waals surface area contributed by atoms with Gasteiger partial charge in [-0.1, -0.05) is 31.4 Å². The van der Waals surface area contributed by atoms with E-state index in [9.17, 15) is 14.4 Å². The number of nitrogens with one attached hydrogen (secondary N) is 1. The molecule has 1 unspecified atom stereocenters. The van der Waals surface area contributed by atoms with Gasteiger partial charge < -0.3 is 15.0 Å². The van der Waals surface area contributed by atoms with Crippen LogP contribution in [-0.4, -0.2) is 54.8 Å². The first kappa shape index (κ1) is 23.9. The van der Waals surface area contributed by atoms with Crippen molar-refractivity contribution in [2.75, 3.05) is 26.3 Å². The Morgan fingerprint density at radius 3 is 2.48 bits per heavy atom. The van der Waals surface area contributed by atoms with Crippen molar-refractivity contribution in [2.24, 2.45) is 11.8 Å². The number of ketones is 1. The van der Waals surface area contributed by atoms with Crippen LogP contribution in [0.2, 0.25) is 0 Å². The van der Waals surface area contributed by atoms with Gasteiger partial charge in [-0.2, -0.15) is 0 Å². The predicted molar refractivity (Wildman–Crippen MR) is 127 cm³/mol. The molecule has 2 heterocycles. The Hall–Kier alpha value is -2.21. The number of nitrogens with zero attached hydrogens (tertiary/aromatic N) is 1. The summed E-state index contributed by atoms with van der Waals surface area (Å²) < 4.78 is 5.41. The molecule has 1 aliphatic carbocycles. The van der Waals surface area contributed by atoms with Crippen LogP contribution in [0.3, 0.4) is 0 Å². The van der Waals surface area contributed by atoms with Crippen LogP contribution in [0.5, 0.6) is 0 Å². The zero-order valence-electron chi connectivity index (χ0n) is 19.9. The lowest BCUT2D eigenvalue weighted by Crippen LogP contribution is -2.45. The highest BCUT2D eigenvalue weighted by Crippen LogP contribution is 2.30. The van der Waals surface area contributed by atoms with Gasteiger partial charge in [-0.15, -0.1) is 0 Å². The summed E-state index contributed by atoms with van der Waals surface area (Å²) in [6.07, 6.45) is 9.10. The molecule has 4 rings (SSSR count). The van der Waals surface area contributed by atoms with E-state index in [-0.39, 0.29) is 35.4 Å². The molecule has 1 saturated carbocycles. The maximum Gasteiger partial charge on any atom is 0.251 e. The second-order valence-electron chi connectivity index (χ2n) is 10.1. The van der Waals surface area contributed by atoms with E-state index in [1.54, 1.807) is 6.92 Å². The van der Waals surface area contributed by atoms with E-state index < -0.39 is 6.04 Å². The number of carbonyl (C=O) groups is 3. The van der Waals surface area contributed by atoms with Crippen molar-refractivity contribution >= 4 is 17.6 Å². The number of Topliss-reactive ketones (excluding diaryl/α,β-unsaturated/α-hetero) is 1. The summed E-state index contributed by atoms with van der Waals surface area (Å²) in [6, 6.07) is 7.37. The Bertz CT molecular complexity index is 842. The SMILES string of the molecule is CC(=O)[C@H](NC(=O)c1cccc(C2CCCN(C(=O)C3CCOCC3)C2)c1)C1CCCCC1. The van der Waals surface area contributed by atoms with Crippen molar-refractivity contribution in [2.45, 2.75) is 76.7 Å². The van der Waals surface area contributed by atoms with E-state index in [0.717, 1.165) is 63.5 Å². The van der Waals surface area contributed by atoms with Crippen molar-refractivity contribution in [3.05, 3.63) is 35.4 Å². The number of carbonyl (C=O) groups excluding carboxylic acids is 3. The second-order valence-corrected chi connectivity index (χ2v) is 10.1. The summed E-state index contributed by atoms with van der Waals surface area (Å²) in [6.45, 7) is 4.45. The van der Waals surface area contributed by atoms with Gasteiger partial charge in [0.2, 0.25) is 5.91 Å². The van der Waals surface area contributed by atoms with Crippen LogP contribution in [0.15, 0.2) is 24.3 Å². The maximum atomic E-state index is 13.1. The highest BCUT2D eigenvalue weighted by molar-refractivity contribution is 5.97. The molecule has 1 N–H and O–H groups in total. The lowest BCUT2D eigenvalue weighted by Gasteiger charge is -2.36. The molecule has 1 aromatic carbocycles. The Kier molecular flexibility index (Phi) is 8.18. The lowest BCUT2D eigenvalue weighted by atomic mass is 9.82. The molecular weight excluding hydrogens is 416 g/mol. The Morgan fingerprint density at radius 2 is 1.76 bits per heavy atom. The molecule has 0 bridgehead atoms. The zero-order valence-corrected chi connectivity index (χ0v) is 19.9. The van der Waals surface area contributed by atoms with Gasteiger partial charge >= 0.3 is 0 Å². The Balaban J connectivity index is 1.41. The average molecular weight is 455 g/mol. The summed E-state index contributed by atoms with van der Waals surface area (Å²) in [5.41, 5.74) is 1.70. The summed E-state index contributed by atoms with van der Waals surface area (Å²) in [5.74, 6) is 0.685. The van der Waals surface area contributed by atoms with Gasteiger partial charge in [0.05, 0.1) is 6.04 Å². The van der Waals surface area contributed by atoms with Crippen molar-refractivity contribution in [3.63, 3.8) is 0 Å². The Morgan fingerprint density at radius 1 is 1.00 bits per heavy atom. The van der Waals surface area contributed by atoms with Gasteiger partial charge in [0.25, 0.3) is 5.91 Å². The number of amides is 2. The van der Waals surface area contributed by atoms with Crippen LogP contribution < -0.4 is 5.32 Å². The highest BCUT2D eigenvalue weighted by Gasteiger charge is 2.31. The number of hydrogen-bond donors (Lipinski definition) is 1. The van der Waals surface area contributed by atoms with Gasteiger partial charge in [-0.25, -0.2) is 0 Å². The summed E-state index contributed by atoms with van der Waals surface area (Å²) in [4.78, 5) is 40.4. The molecule has 1 aromatic rings. The molecule has 6 nitrogen and oxygen atoms in total. The minimum absolute atomic E-state index is 0.0425. The third-order valence-electron chi connectivity index (χ3n) is 7.77. The average Bonchev–Trinajstić information content (AvgIpc) is 2.87. The van der Waals surface area contributed by atoms with E-state index in [0.29, 0.717) is 25.3 Å². The fourth-order valence-corrected chi connectivity index (χ4v) is 5.83. The van der Waals surface area contributed by atoms with E-state index in [4.69, 9.17) is 4.74 Å². The number of hydrogen-bond acceptors (Lipinski definition) is 4. The quantitative estimate of drug-likeness (QED) is 0.703. The lowest BCUT2D eigenvalue weighted by molar-refractivity contribution is -0.139. The van der Waals surface area contributed by atoms with Crippen LogP contribution in [-0.2, 0) is 14.3 Å². The first-order valence-electron chi connectivity index (χ1n) is 12.8. The largest absolute Gasteiger partial charge is 0.381 e. The predicted octanol–water partition coefficient (Wildman–Crippen LogP) is 4.09. The molecule has 0 radical (unpaired) electrons. The van der Waals surface area contributed by atoms with Gasteiger partial charge in [0.1, 0.15) is 0 Å². The van der Waals surface area contributed by atoms with Crippen molar-refractivity contribution < 1.29 is 19.1 Å². The molecule has 2 aliphatic heterocycles. The maximum absolute atomic E-state index is 13.1. The molecule has 2 saturated heterocycles. The minimum Gasteiger partial charge on any atom is -0.381 e. The van der Waals surface area contributed by atoms with Crippen molar-refractivity contribution in [1.82, 2.24) is 10.2 Å². The van der Waals surface area contributed by atoms with Crippen molar-refractivity contribution in [1.29, 1.82) is 0 Å². The molecule has 3 fully saturated rings. The minimum atomic E-state index is -0.399. The van der Waals surface area contributed by atoms with Crippen LogP contribution in [0, 0.1) is 11.8 Å². The molecule has 180 valence electrons. The first-order valence-corrected chi connectivity index (χ1v) is 12.8. The number of likely N-dealkylation sites (tertiary alicyclic amines) is 1. The van der Waals surface area contributed by atoms with Crippen LogP contribution in [0.4, 0.5) is 0 Å². The first-order chi connectivity index (χ1) is 16.0. The topological polar surface area (TPSA) is 75.7 Å². The van der Waals surface area contributed by atoms with Gasteiger partial charge in [-0.05, 0) is 69.1 Å². The van der Waals surface area contributed by atoms with Gasteiger partial charge in [-0.3, -0.25) is 14.4 Å².